The highest BCUT2D eigenvalue weighted by Crippen LogP contribution is 2.33. The van der Waals surface area contributed by atoms with E-state index in [0.29, 0.717) is 0 Å². The van der Waals surface area contributed by atoms with Crippen LogP contribution in [0.5, 0.6) is 0 Å². The Morgan fingerprint density at radius 3 is 1.30 bits per heavy atom. The van der Waals surface area contributed by atoms with Crippen LogP contribution in [0.4, 0.5) is 0 Å². The number of unbranched alkanes of at least 4 members (excludes halogenated alkanes) is 6. The molecule has 0 aromatic carbocycles. The summed E-state index contributed by atoms with van der Waals surface area (Å²) in [5, 5.41) is 0. The third-order valence-electron chi connectivity index (χ3n) is 7.70. The third-order valence-corrected chi connectivity index (χ3v) is 7.70. The normalized spacial score (nSPS) is 27.4. The van der Waals surface area contributed by atoms with Crippen LogP contribution in [-0.2, 0) is 0 Å². The zero-order chi connectivity index (χ0) is 21.3. The van der Waals surface area contributed by atoms with E-state index in [0.717, 1.165) is 23.7 Å². The van der Waals surface area contributed by atoms with Crippen molar-refractivity contribution in [2.24, 2.45) is 23.7 Å². The number of rotatable bonds is 12. The minimum absolute atomic E-state index is 0.780. The van der Waals surface area contributed by atoms with Crippen molar-refractivity contribution in [1.29, 1.82) is 0 Å². The van der Waals surface area contributed by atoms with E-state index < -0.39 is 0 Å². The summed E-state index contributed by atoms with van der Waals surface area (Å²) in [6.07, 6.45) is 34.6. The zero-order valence-corrected chi connectivity index (χ0v) is 20.3. The Balaban J connectivity index is 1.53. The summed E-state index contributed by atoms with van der Waals surface area (Å²) < 4.78 is 0. The van der Waals surface area contributed by atoms with E-state index in [2.05, 4.69) is 50.0 Å². The summed E-state index contributed by atoms with van der Waals surface area (Å²) in [7, 11) is 0. The van der Waals surface area contributed by atoms with Gasteiger partial charge in [-0.15, -0.1) is 0 Å². The molecule has 0 aliphatic heterocycles. The Labute approximate surface area is 189 Å². The maximum atomic E-state index is 3.26. The van der Waals surface area contributed by atoms with Gasteiger partial charge in [-0.05, 0) is 87.2 Å². The summed E-state index contributed by atoms with van der Waals surface area (Å²) in [4.78, 5) is 0. The fourth-order valence-electron chi connectivity index (χ4n) is 5.52. The predicted molar refractivity (Wildman–Crippen MR) is 134 cm³/mol. The number of hydrogen-bond acceptors (Lipinski definition) is 0. The molecule has 0 spiro atoms. The first kappa shape index (κ1) is 25.3. The van der Waals surface area contributed by atoms with Crippen molar-refractivity contribution in [2.45, 2.75) is 129 Å². The van der Waals surface area contributed by atoms with E-state index in [1.165, 1.54) is 116 Å². The van der Waals surface area contributed by atoms with Crippen LogP contribution in [0, 0.1) is 35.5 Å². The molecule has 170 valence electrons. The van der Waals surface area contributed by atoms with Gasteiger partial charge < -0.3 is 0 Å². The van der Waals surface area contributed by atoms with Crippen LogP contribution in [0.25, 0.3) is 0 Å². The second kappa shape index (κ2) is 16.7. The first-order valence-electron chi connectivity index (χ1n) is 13.7. The Hall–Kier alpha value is -0.960. The van der Waals surface area contributed by atoms with Gasteiger partial charge in [-0.2, -0.15) is 0 Å². The number of allylic oxidation sites excluding steroid dienone is 4. The van der Waals surface area contributed by atoms with Gasteiger partial charge in [0.15, 0.2) is 0 Å². The Kier molecular flexibility index (Phi) is 14.1. The second-order valence-corrected chi connectivity index (χ2v) is 10.3. The topological polar surface area (TPSA) is 0 Å². The molecular weight excluding hydrogens is 360 g/mol. The van der Waals surface area contributed by atoms with Crippen molar-refractivity contribution in [3.8, 4) is 11.8 Å². The lowest BCUT2D eigenvalue weighted by Gasteiger charge is -2.26. The van der Waals surface area contributed by atoms with Gasteiger partial charge in [0.05, 0.1) is 0 Å². The second-order valence-electron chi connectivity index (χ2n) is 10.3. The van der Waals surface area contributed by atoms with Crippen LogP contribution in [-0.4, -0.2) is 0 Å². The Morgan fingerprint density at radius 1 is 0.533 bits per heavy atom. The van der Waals surface area contributed by atoms with Gasteiger partial charge >= 0.3 is 0 Å². The molecule has 2 aliphatic carbocycles. The van der Waals surface area contributed by atoms with Gasteiger partial charge in [-0.1, -0.05) is 102 Å². The maximum Gasteiger partial charge on any atom is -0.0153 e. The molecular formula is C30H50. The van der Waals surface area contributed by atoms with Gasteiger partial charge in [0.1, 0.15) is 0 Å². The number of hydrogen-bond donors (Lipinski definition) is 0. The van der Waals surface area contributed by atoms with Crippen LogP contribution in [0.2, 0.25) is 0 Å². The van der Waals surface area contributed by atoms with Gasteiger partial charge in [-0.25, -0.2) is 0 Å². The lowest BCUT2D eigenvalue weighted by Crippen LogP contribution is -2.13. The van der Waals surface area contributed by atoms with Gasteiger partial charge in [0.2, 0.25) is 0 Å². The van der Waals surface area contributed by atoms with E-state index in [9.17, 15) is 0 Å². The minimum Gasteiger partial charge on any atom is -0.0730 e. The minimum atomic E-state index is 0.780. The molecule has 2 rings (SSSR count). The fourth-order valence-corrected chi connectivity index (χ4v) is 5.52. The van der Waals surface area contributed by atoms with E-state index >= 15 is 0 Å². The molecule has 2 saturated carbocycles. The molecule has 0 radical (unpaired) electrons. The summed E-state index contributed by atoms with van der Waals surface area (Å²) in [5.74, 6) is 10.1. The molecule has 0 heteroatoms. The van der Waals surface area contributed by atoms with Crippen molar-refractivity contribution in [2.75, 3.05) is 0 Å². The van der Waals surface area contributed by atoms with Crippen LogP contribution in [0.3, 0.4) is 0 Å². The van der Waals surface area contributed by atoms with Crippen molar-refractivity contribution in [3.63, 3.8) is 0 Å². The smallest absolute Gasteiger partial charge is 0.0153 e. The molecule has 2 aliphatic rings. The Morgan fingerprint density at radius 2 is 0.933 bits per heavy atom. The van der Waals surface area contributed by atoms with Crippen molar-refractivity contribution in [1.82, 2.24) is 0 Å². The first-order valence-corrected chi connectivity index (χ1v) is 13.7. The fraction of sp³-hybridized carbons (Fsp3) is 0.800. The molecule has 2 fully saturated rings. The summed E-state index contributed by atoms with van der Waals surface area (Å²) in [5.41, 5.74) is 0. The van der Waals surface area contributed by atoms with Crippen LogP contribution in [0.15, 0.2) is 24.3 Å². The van der Waals surface area contributed by atoms with Crippen molar-refractivity contribution >= 4 is 0 Å². The van der Waals surface area contributed by atoms with Crippen LogP contribution < -0.4 is 0 Å². The van der Waals surface area contributed by atoms with Crippen molar-refractivity contribution in [3.05, 3.63) is 24.3 Å². The average Bonchev–Trinajstić information content (AvgIpc) is 2.78. The standard InChI is InChI=1S/C30H50/c1-3-5-7-11-15-27-19-23-29(24-20-27)17-13-9-10-14-18-30-25-21-28(22-26-30)16-12-8-6-4-2/h13-14,17-18,27-30H,3-8,11-12,15-16,19-26H2,1-2H3/b17-13+,18-14+. The highest BCUT2D eigenvalue weighted by molar-refractivity contribution is 5.24. The quantitative estimate of drug-likeness (QED) is 0.222. The van der Waals surface area contributed by atoms with Crippen LogP contribution in [0.1, 0.15) is 129 Å². The lowest BCUT2D eigenvalue weighted by molar-refractivity contribution is 0.289. The van der Waals surface area contributed by atoms with E-state index in [1.54, 1.807) is 0 Å². The average molecular weight is 411 g/mol. The monoisotopic (exact) mass is 410 g/mol. The predicted octanol–water partition coefficient (Wildman–Crippen LogP) is 9.66. The Bertz CT molecular complexity index is 466. The molecule has 0 aromatic heterocycles. The van der Waals surface area contributed by atoms with Gasteiger partial charge in [0.25, 0.3) is 0 Å². The highest BCUT2D eigenvalue weighted by Gasteiger charge is 2.19. The molecule has 0 amide bonds. The molecule has 0 bridgehead atoms. The highest BCUT2D eigenvalue weighted by atomic mass is 14.2. The van der Waals surface area contributed by atoms with Gasteiger partial charge in [0, 0.05) is 0 Å². The summed E-state index contributed by atoms with van der Waals surface area (Å²) >= 11 is 0. The molecule has 0 nitrogen and oxygen atoms in total. The molecule has 0 unspecified atom stereocenters. The molecule has 0 atom stereocenters. The van der Waals surface area contributed by atoms with Gasteiger partial charge in [-0.3, -0.25) is 0 Å². The third kappa shape index (κ3) is 11.4. The SMILES string of the molecule is CCCCCCC1CCC(/C=C/C#C/C=C/C2CCC(CCCCCC)CC2)CC1. The van der Waals surface area contributed by atoms with E-state index in [4.69, 9.17) is 0 Å². The molecule has 0 heterocycles. The van der Waals surface area contributed by atoms with Crippen molar-refractivity contribution < 1.29 is 0 Å². The van der Waals surface area contributed by atoms with E-state index in [1.807, 2.05) is 0 Å². The lowest BCUT2D eigenvalue weighted by atomic mass is 9.79. The van der Waals surface area contributed by atoms with Crippen LogP contribution >= 0.6 is 0 Å². The van der Waals surface area contributed by atoms with E-state index in [-0.39, 0.29) is 0 Å². The molecule has 0 aromatic rings. The molecule has 0 saturated heterocycles. The zero-order valence-electron chi connectivity index (χ0n) is 20.3. The largest absolute Gasteiger partial charge is 0.0730 e. The first-order chi connectivity index (χ1) is 14.8. The molecule has 30 heavy (non-hydrogen) atoms. The summed E-state index contributed by atoms with van der Waals surface area (Å²) in [6, 6.07) is 0. The maximum absolute atomic E-state index is 3.26. The summed E-state index contributed by atoms with van der Waals surface area (Å²) in [6.45, 7) is 4.61. The molecule has 0 N–H and O–H groups in total.